The molecular weight excluding hydrogens is 725 g/mol. The van der Waals surface area contributed by atoms with Crippen molar-refractivity contribution >= 4 is 27.7 Å². The number of hydrogen-bond donors (Lipinski definition) is 0. The average Bonchev–Trinajstić information content (AvgIpc) is 3.51. The second-order valence-electron chi connectivity index (χ2n) is 14.4. The first-order chi connectivity index (χ1) is 27.1. The minimum absolute atomic E-state index is 0.251. The SMILES string of the molecule is CCCOCCOC(CN(CC(OCCOCCOCC[N+](C)(C)C)c1ccccc1)c1ccc(/N=N/c2sc(C#N)c(C)c2C#N)c(C)c1)c1ccccc1. The molecule has 11 nitrogen and oxygen atoms in total. The van der Waals surface area contributed by atoms with Gasteiger partial charge in [-0.2, -0.15) is 10.5 Å². The van der Waals surface area contributed by atoms with Crippen molar-refractivity contribution in [2.24, 2.45) is 10.2 Å². The van der Waals surface area contributed by atoms with Crippen molar-refractivity contribution in [3.05, 3.63) is 112 Å². The van der Waals surface area contributed by atoms with Crippen molar-refractivity contribution in [1.29, 1.82) is 10.5 Å². The zero-order valence-electron chi connectivity index (χ0n) is 33.8. The summed E-state index contributed by atoms with van der Waals surface area (Å²) in [4.78, 5) is 2.76. The second kappa shape index (κ2) is 23.5. The molecule has 0 spiro atoms. The molecule has 0 radical (unpaired) electrons. The predicted molar refractivity (Wildman–Crippen MR) is 222 cm³/mol. The van der Waals surface area contributed by atoms with E-state index in [-0.39, 0.29) is 12.2 Å². The molecular formula is C44H57N6O5S+. The van der Waals surface area contributed by atoms with E-state index >= 15 is 0 Å². The van der Waals surface area contributed by atoms with Crippen LogP contribution in [0.4, 0.5) is 16.4 Å². The standard InChI is InChI=1S/C44H57N6O5S/c1-7-21-51-25-27-54-41(36-14-10-8-11-15-36)32-49(38-18-19-40(34(2)29-38)47-48-44-39(30-45)35(3)43(31-46)56-44)33-42(37-16-12-9-13-17-37)55-28-26-53-24-23-52-22-20-50(4,5)6/h8-19,29,41-42H,7,20-28,32-33H2,1-6H3/q+1/b48-47+. The first-order valence-electron chi connectivity index (χ1n) is 19.2. The molecule has 0 saturated carbocycles. The molecule has 0 bridgehead atoms. The zero-order valence-corrected chi connectivity index (χ0v) is 34.6. The number of hydrogen-bond acceptors (Lipinski definition) is 11. The van der Waals surface area contributed by atoms with Gasteiger partial charge in [0.05, 0.1) is 78.6 Å². The molecule has 0 fully saturated rings. The number of benzene rings is 3. The summed E-state index contributed by atoms with van der Waals surface area (Å²) in [6.07, 6.45) is 0.429. The number of quaternary nitrogens is 1. The summed E-state index contributed by atoms with van der Waals surface area (Å²) in [5.74, 6) is 0. The number of likely N-dealkylation sites (N-methyl/N-ethyl adjacent to an activating group) is 1. The molecule has 0 aliphatic carbocycles. The van der Waals surface area contributed by atoms with Crippen molar-refractivity contribution in [3.8, 4) is 12.1 Å². The quantitative estimate of drug-likeness (QED) is 0.0371. The highest BCUT2D eigenvalue weighted by atomic mass is 32.1. The van der Waals surface area contributed by atoms with Gasteiger partial charge in [0.15, 0.2) is 5.00 Å². The van der Waals surface area contributed by atoms with E-state index in [4.69, 9.17) is 23.7 Å². The molecule has 298 valence electrons. The Labute approximate surface area is 337 Å². The minimum atomic E-state index is -0.273. The van der Waals surface area contributed by atoms with E-state index in [0.29, 0.717) is 92.6 Å². The zero-order chi connectivity index (χ0) is 40.2. The van der Waals surface area contributed by atoms with E-state index in [1.54, 1.807) is 6.92 Å². The van der Waals surface area contributed by atoms with E-state index in [1.807, 2.05) is 55.5 Å². The Morgan fingerprint density at radius 1 is 0.696 bits per heavy atom. The van der Waals surface area contributed by atoms with Gasteiger partial charge < -0.3 is 33.1 Å². The van der Waals surface area contributed by atoms with Crippen molar-refractivity contribution in [2.75, 3.05) is 98.5 Å². The molecule has 0 N–H and O–H groups in total. The average molecular weight is 782 g/mol. The lowest BCUT2D eigenvalue weighted by molar-refractivity contribution is -0.870. The van der Waals surface area contributed by atoms with Crippen molar-refractivity contribution in [1.82, 2.24) is 0 Å². The Hall–Kier alpha value is -4.50. The number of rotatable bonds is 25. The molecule has 0 aliphatic rings. The fourth-order valence-electron chi connectivity index (χ4n) is 5.79. The predicted octanol–water partition coefficient (Wildman–Crippen LogP) is 9.01. The summed E-state index contributed by atoms with van der Waals surface area (Å²) >= 11 is 1.17. The lowest BCUT2D eigenvalue weighted by Crippen LogP contribution is -2.37. The van der Waals surface area contributed by atoms with Gasteiger partial charge in [0, 0.05) is 25.4 Å². The van der Waals surface area contributed by atoms with Gasteiger partial charge in [0.1, 0.15) is 35.8 Å². The van der Waals surface area contributed by atoms with Crippen LogP contribution in [0.3, 0.4) is 0 Å². The van der Waals surface area contributed by atoms with Crippen molar-refractivity contribution in [3.63, 3.8) is 0 Å². The number of nitrogens with zero attached hydrogens (tertiary/aromatic N) is 6. The Morgan fingerprint density at radius 3 is 1.77 bits per heavy atom. The van der Waals surface area contributed by atoms with Gasteiger partial charge in [0.25, 0.3) is 0 Å². The van der Waals surface area contributed by atoms with Crippen LogP contribution >= 0.6 is 11.3 Å². The summed E-state index contributed by atoms with van der Waals surface area (Å²) in [6.45, 7) is 12.1. The summed E-state index contributed by atoms with van der Waals surface area (Å²) in [5.41, 5.74) is 5.68. The van der Waals surface area contributed by atoms with Crippen LogP contribution in [0.1, 0.15) is 58.2 Å². The number of anilines is 1. The van der Waals surface area contributed by atoms with Crippen LogP contribution in [0.15, 0.2) is 89.1 Å². The van der Waals surface area contributed by atoms with Gasteiger partial charge in [-0.25, -0.2) is 0 Å². The normalized spacial score (nSPS) is 12.7. The Balaban J connectivity index is 1.58. The van der Waals surface area contributed by atoms with Crippen LogP contribution < -0.4 is 4.90 Å². The molecule has 0 saturated heterocycles. The van der Waals surface area contributed by atoms with E-state index in [2.05, 4.69) is 85.7 Å². The number of azo groups is 1. The summed E-state index contributed by atoms with van der Waals surface area (Å²) in [6, 6.07) is 30.9. The van der Waals surface area contributed by atoms with Crippen LogP contribution in [-0.2, 0) is 23.7 Å². The smallest absolute Gasteiger partial charge is 0.158 e. The molecule has 0 aliphatic heterocycles. The van der Waals surface area contributed by atoms with Gasteiger partial charge >= 0.3 is 0 Å². The lowest BCUT2D eigenvalue weighted by atomic mass is 10.1. The highest BCUT2D eigenvalue weighted by molar-refractivity contribution is 7.16. The third-order valence-electron chi connectivity index (χ3n) is 8.97. The maximum atomic E-state index is 9.70. The monoisotopic (exact) mass is 781 g/mol. The maximum absolute atomic E-state index is 9.70. The van der Waals surface area contributed by atoms with Crippen LogP contribution in [0.2, 0.25) is 0 Å². The van der Waals surface area contributed by atoms with E-state index in [1.165, 1.54) is 11.3 Å². The van der Waals surface area contributed by atoms with E-state index in [9.17, 15) is 10.5 Å². The molecule has 0 amide bonds. The van der Waals surface area contributed by atoms with Crippen molar-refractivity contribution in [2.45, 2.75) is 39.4 Å². The summed E-state index contributed by atoms with van der Waals surface area (Å²) in [7, 11) is 6.45. The van der Waals surface area contributed by atoms with Crippen LogP contribution in [0, 0.1) is 36.5 Å². The largest absolute Gasteiger partial charge is 0.379 e. The number of aryl methyl sites for hydroxylation is 1. The number of nitriles is 2. The molecule has 2 atom stereocenters. The summed E-state index contributed by atoms with van der Waals surface area (Å²) in [5, 5.41) is 28.5. The van der Waals surface area contributed by atoms with E-state index in [0.717, 1.165) is 39.8 Å². The van der Waals surface area contributed by atoms with Crippen LogP contribution in [0.25, 0.3) is 0 Å². The summed E-state index contributed by atoms with van der Waals surface area (Å²) < 4.78 is 31.4. The van der Waals surface area contributed by atoms with Crippen LogP contribution in [0.5, 0.6) is 0 Å². The molecule has 3 aromatic carbocycles. The Kier molecular flexibility index (Phi) is 18.6. The second-order valence-corrected chi connectivity index (χ2v) is 15.4. The van der Waals surface area contributed by atoms with Gasteiger partial charge in [-0.3, -0.25) is 0 Å². The molecule has 4 aromatic rings. The lowest BCUT2D eigenvalue weighted by Gasteiger charge is -2.33. The molecule has 2 unspecified atom stereocenters. The Morgan fingerprint density at radius 2 is 1.25 bits per heavy atom. The number of thiophene rings is 1. The third-order valence-corrected chi connectivity index (χ3v) is 10.1. The Bertz CT molecular complexity index is 1870. The van der Waals surface area contributed by atoms with E-state index < -0.39 is 0 Å². The molecule has 12 heteroatoms. The highest BCUT2D eigenvalue weighted by Gasteiger charge is 2.23. The molecule has 4 rings (SSSR count). The fourth-order valence-corrected chi connectivity index (χ4v) is 6.67. The van der Waals surface area contributed by atoms with Gasteiger partial charge in [-0.1, -0.05) is 67.6 Å². The highest BCUT2D eigenvalue weighted by Crippen LogP contribution is 2.36. The topological polar surface area (TPSA) is 122 Å². The molecule has 1 heterocycles. The minimum Gasteiger partial charge on any atom is -0.379 e. The first kappa shape index (κ1) is 44.2. The van der Waals surface area contributed by atoms with Crippen molar-refractivity contribution < 1.29 is 28.2 Å². The fraction of sp³-hybridized carbons (Fsp3) is 0.455. The molecule has 1 aromatic heterocycles. The third kappa shape index (κ3) is 14.5. The molecule has 56 heavy (non-hydrogen) atoms. The van der Waals surface area contributed by atoms with Gasteiger partial charge in [-0.05, 0) is 60.7 Å². The van der Waals surface area contributed by atoms with Gasteiger partial charge in [-0.15, -0.1) is 21.6 Å². The number of ether oxygens (including phenoxy) is 5. The van der Waals surface area contributed by atoms with Gasteiger partial charge in [0.2, 0.25) is 0 Å². The van der Waals surface area contributed by atoms with Crippen LogP contribution in [-0.4, -0.2) is 98.1 Å². The maximum Gasteiger partial charge on any atom is 0.158 e. The first-order valence-corrected chi connectivity index (χ1v) is 20.0.